The van der Waals surface area contributed by atoms with Gasteiger partial charge in [-0.2, -0.15) is 0 Å². The number of esters is 1. The second-order valence-corrected chi connectivity index (χ2v) is 6.88. The number of rotatable bonds is 6. The summed E-state index contributed by atoms with van der Waals surface area (Å²) in [7, 11) is 0. The van der Waals surface area contributed by atoms with E-state index in [1.165, 1.54) is 0 Å². The van der Waals surface area contributed by atoms with Gasteiger partial charge in [0.1, 0.15) is 6.54 Å². The molecule has 0 amide bonds. The number of hydrogen-bond acceptors (Lipinski definition) is 4. The molecule has 0 bridgehead atoms. The monoisotopic (exact) mass is 372 g/mol. The fourth-order valence-corrected chi connectivity index (χ4v) is 3.68. The largest absolute Gasteiger partial charge is 0.465 e. The van der Waals surface area contributed by atoms with E-state index in [1.54, 1.807) is 13.1 Å². The van der Waals surface area contributed by atoms with E-state index in [0.717, 1.165) is 11.4 Å². The van der Waals surface area contributed by atoms with Gasteiger partial charge in [0.05, 0.1) is 24.4 Å². The Morgan fingerprint density at radius 2 is 2.15 bits per heavy atom. The standard InChI is InChI=1S/C19H24N4O2S/c1-4-25-16(24)12-23-18(15-9-7-11-22(15)13(2)3)17(21-19(23)26)14-8-5-6-10-20-14/h5-11,13,17-18H,4,12H2,1-3H3,(H,21,26)/t17-,18-/m1/s1. The molecule has 1 aliphatic heterocycles. The van der Waals surface area contributed by atoms with Gasteiger partial charge in [0.25, 0.3) is 0 Å². The van der Waals surface area contributed by atoms with Gasteiger partial charge in [-0.15, -0.1) is 0 Å². The van der Waals surface area contributed by atoms with Gasteiger partial charge < -0.3 is 19.5 Å². The van der Waals surface area contributed by atoms with Gasteiger partial charge in [0, 0.05) is 24.1 Å². The first kappa shape index (κ1) is 18.4. The van der Waals surface area contributed by atoms with Crippen LogP contribution in [0.15, 0.2) is 42.7 Å². The Hall–Kier alpha value is -2.41. The van der Waals surface area contributed by atoms with Crippen molar-refractivity contribution in [1.29, 1.82) is 0 Å². The number of ether oxygens (including phenoxy) is 1. The molecule has 0 saturated carbocycles. The molecule has 2 aromatic rings. The van der Waals surface area contributed by atoms with Gasteiger partial charge in [-0.3, -0.25) is 9.78 Å². The van der Waals surface area contributed by atoms with E-state index in [9.17, 15) is 4.79 Å². The van der Waals surface area contributed by atoms with Gasteiger partial charge in [0.15, 0.2) is 5.11 Å². The Bertz CT molecular complexity index is 775. The van der Waals surface area contributed by atoms with Gasteiger partial charge >= 0.3 is 5.97 Å². The third-order valence-electron chi connectivity index (χ3n) is 4.47. The van der Waals surface area contributed by atoms with Crippen molar-refractivity contribution in [3.05, 3.63) is 54.1 Å². The summed E-state index contributed by atoms with van der Waals surface area (Å²) >= 11 is 5.55. The summed E-state index contributed by atoms with van der Waals surface area (Å²) in [5.74, 6) is -0.286. The molecule has 0 unspecified atom stereocenters. The molecule has 3 heterocycles. The minimum absolute atomic E-state index is 0.108. The Labute approximate surface area is 159 Å². The molecule has 0 aromatic carbocycles. The minimum atomic E-state index is -0.286. The van der Waals surface area contributed by atoms with Crippen LogP contribution in [0, 0.1) is 0 Å². The SMILES string of the molecule is CCOC(=O)CN1C(=S)N[C@H](c2ccccn2)[C@H]1c1cccn1C(C)C. The van der Waals surface area contributed by atoms with Gasteiger partial charge in [-0.25, -0.2) is 0 Å². The van der Waals surface area contributed by atoms with Gasteiger partial charge in [-0.05, 0) is 57.3 Å². The fourth-order valence-electron chi connectivity index (χ4n) is 3.37. The average Bonchev–Trinajstić information content (AvgIpc) is 3.21. The highest BCUT2D eigenvalue weighted by molar-refractivity contribution is 7.80. The first-order chi connectivity index (χ1) is 12.5. The molecule has 2 aromatic heterocycles. The minimum Gasteiger partial charge on any atom is -0.465 e. The van der Waals surface area contributed by atoms with Gasteiger partial charge in [0.2, 0.25) is 0 Å². The lowest BCUT2D eigenvalue weighted by molar-refractivity contribution is -0.143. The van der Waals surface area contributed by atoms with E-state index in [1.807, 2.05) is 29.2 Å². The summed E-state index contributed by atoms with van der Waals surface area (Å²) in [4.78, 5) is 18.6. The Morgan fingerprint density at radius 1 is 1.35 bits per heavy atom. The average molecular weight is 372 g/mol. The second-order valence-electron chi connectivity index (χ2n) is 6.49. The predicted molar refractivity (Wildman–Crippen MR) is 104 cm³/mol. The molecule has 1 aliphatic rings. The lowest BCUT2D eigenvalue weighted by atomic mass is 10.0. The number of hydrogen-bond donors (Lipinski definition) is 1. The van der Waals surface area contributed by atoms with Crippen molar-refractivity contribution >= 4 is 23.3 Å². The third-order valence-corrected chi connectivity index (χ3v) is 4.83. The maximum atomic E-state index is 12.1. The number of carbonyl (C=O) groups excluding carboxylic acids is 1. The van der Waals surface area contributed by atoms with E-state index < -0.39 is 0 Å². The Balaban J connectivity index is 2.01. The van der Waals surface area contributed by atoms with E-state index >= 15 is 0 Å². The van der Waals surface area contributed by atoms with Crippen LogP contribution in [0.3, 0.4) is 0 Å². The fraction of sp³-hybridized carbons (Fsp3) is 0.421. The zero-order chi connectivity index (χ0) is 18.7. The van der Waals surface area contributed by atoms with Crippen molar-refractivity contribution in [3.63, 3.8) is 0 Å². The summed E-state index contributed by atoms with van der Waals surface area (Å²) in [6.07, 6.45) is 3.83. The number of thiocarbonyl (C=S) groups is 1. The highest BCUT2D eigenvalue weighted by Crippen LogP contribution is 2.39. The normalized spacial score (nSPS) is 19.7. The van der Waals surface area contributed by atoms with Crippen LogP contribution in [-0.4, -0.2) is 38.7 Å². The first-order valence-electron chi connectivity index (χ1n) is 8.83. The molecule has 1 saturated heterocycles. The van der Waals surface area contributed by atoms with Crippen molar-refractivity contribution in [2.24, 2.45) is 0 Å². The summed E-state index contributed by atoms with van der Waals surface area (Å²) < 4.78 is 7.35. The maximum absolute atomic E-state index is 12.1. The summed E-state index contributed by atoms with van der Waals surface area (Å²) in [6.45, 7) is 6.53. The lowest BCUT2D eigenvalue weighted by Gasteiger charge is -2.29. The van der Waals surface area contributed by atoms with Crippen LogP contribution in [0.25, 0.3) is 0 Å². The molecule has 1 fully saturated rings. The molecular formula is C19H24N4O2S. The predicted octanol–water partition coefficient (Wildman–Crippen LogP) is 3.00. The van der Waals surface area contributed by atoms with Crippen LogP contribution in [0.4, 0.5) is 0 Å². The van der Waals surface area contributed by atoms with Crippen LogP contribution in [0.5, 0.6) is 0 Å². The van der Waals surface area contributed by atoms with Crippen molar-refractivity contribution < 1.29 is 9.53 Å². The summed E-state index contributed by atoms with van der Waals surface area (Å²) in [5, 5.41) is 3.88. The maximum Gasteiger partial charge on any atom is 0.325 e. The van der Waals surface area contributed by atoms with Crippen molar-refractivity contribution in [2.75, 3.05) is 13.2 Å². The summed E-state index contributed by atoms with van der Waals surface area (Å²) in [6, 6.07) is 9.94. The molecule has 0 spiro atoms. The van der Waals surface area contributed by atoms with Crippen LogP contribution < -0.4 is 5.32 Å². The molecule has 0 aliphatic carbocycles. The van der Waals surface area contributed by atoms with Crippen molar-refractivity contribution in [3.8, 4) is 0 Å². The number of pyridine rings is 1. The Kier molecular flexibility index (Phi) is 5.56. The topological polar surface area (TPSA) is 59.4 Å². The second kappa shape index (κ2) is 7.86. The quantitative estimate of drug-likeness (QED) is 0.621. The van der Waals surface area contributed by atoms with Gasteiger partial charge in [-0.1, -0.05) is 6.07 Å². The number of nitrogens with one attached hydrogen (secondary N) is 1. The zero-order valence-corrected chi connectivity index (χ0v) is 16.1. The third kappa shape index (κ3) is 3.58. The molecule has 1 N–H and O–H groups in total. The smallest absolute Gasteiger partial charge is 0.325 e. The molecule has 3 rings (SSSR count). The van der Waals surface area contributed by atoms with E-state index in [0.29, 0.717) is 17.8 Å². The Morgan fingerprint density at radius 3 is 2.81 bits per heavy atom. The number of aromatic nitrogens is 2. The zero-order valence-electron chi connectivity index (χ0n) is 15.3. The highest BCUT2D eigenvalue weighted by atomic mass is 32.1. The highest BCUT2D eigenvalue weighted by Gasteiger charge is 2.42. The van der Waals surface area contributed by atoms with Crippen LogP contribution >= 0.6 is 12.2 Å². The molecule has 2 atom stereocenters. The summed E-state index contributed by atoms with van der Waals surface area (Å²) in [5.41, 5.74) is 1.98. The van der Waals surface area contributed by atoms with Crippen LogP contribution in [-0.2, 0) is 9.53 Å². The molecule has 0 radical (unpaired) electrons. The molecule has 7 heteroatoms. The van der Waals surface area contributed by atoms with Crippen LogP contribution in [0.2, 0.25) is 0 Å². The number of nitrogens with zero attached hydrogens (tertiary/aromatic N) is 3. The number of carbonyl (C=O) groups is 1. The van der Waals surface area contributed by atoms with E-state index in [-0.39, 0.29) is 24.6 Å². The van der Waals surface area contributed by atoms with E-state index in [2.05, 4.69) is 41.0 Å². The van der Waals surface area contributed by atoms with Crippen molar-refractivity contribution in [2.45, 2.75) is 38.9 Å². The van der Waals surface area contributed by atoms with E-state index in [4.69, 9.17) is 17.0 Å². The lowest BCUT2D eigenvalue weighted by Crippen LogP contribution is -2.36. The molecule has 26 heavy (non-hydrogen) atoms. The molecule has 6 nitrogen and oxygen atoms in total. The first-order valence-corrected chi connectivity index (χ1v) is 9.24. The molecular weight excluding hydrogens is 348 g/mol. The van der Waals surface area contributed by atoms with Crippen molar-refractivity contribution in [1.82, 2.24) is 19.8 Å². The van der Waals surface area contributed by atoms with Crippen LogP contribution in [0.1, 0.15) is 50.3 Å². The molecule has 138 valence electrons.